The van der Waals surface area contributed by atoms with E-state index in [4.69, 9.17) is 30.8 Å². The van der Waals surface area contributed by atoms with Crippen LogP contribution in [0.25, 0.3) is 33.5 Å². The second kappa shape index (κ2) is 9.85. The lowest BCUT2D eigenvalue weighted by molar-refractivity contribution is 0.329. The van der Waals surface area contributed by atoms with Gasteiger partial charge in [0.05, 0.1) is 24.2 Å². The smallest absolute Gasteiger partial charge is 0.282 e. The Morgan fingerprint density at radius 1 is 1.22 bits per heavy atom. The highest BCUT2D eigenvalue weighted by Gasteiger charge is 2.17. The average Bonchev–Trinajstić information content (AvgIpc) is 3.30. The molecular weight excluding hydrogens is 548 g/mol. The summed E-state index contributed by atoms with van der Waals surface area (Å²) in [4.78, 5) is 18.2. The molecule has 2 heterocycles. The molecule has 0 bridgehead atoms. The molecule has 0 saturated carbocycles. The first-order valence-electron chi connectivity index (χ1n) is 10.6. The number of fused-ring (bicyclic) bond motifs is 2. The monoisotopic (exact) mass is 562 g/mol. The van der Waals surface area contributed by atoms with E-state index in [1.165, 1.54) is 18.0 Å². The fourth-order valence-corrected chi connectivity index (χ4v) is 4.36. The molecule has 0 saturated heterocycles. The van der Waals surface area contributed by atoms with Gasteiger partial charge >= 0.3 is 0 Å². The second-order valence-electron chi connectivity index (χ2n) is 7.58. The Bertz CT molecular complexity index is 1750. The van der Waals surface area contributed by atoms with Gasteiger partial charge in [0.15, 0.2) is 23.9 Å². The third kappa shape index (κ3) is 4.44. The summed E-state index contributed by atoms with van der Waals surface area (Å²) >= 11 is 9.57. The number of nitrogens with zero attached hydrogens (tertiary/aromatic N) is 4. The molecule has 8 nitrogen and oxygen atoms in total. The van der Waals surface area contributed by atoms with Gasteiger partial charge in [-0.1, -0.05) is 39.7 Å². The summed E-state index contributed by atoms with van der Waals surface area (Å²) in [6, 6.07) is 19.4. The van der Waals surface area contributed by atoms with Crippen LogP contribution in [0.4, 0.5) is 0 Å². The molecule has 0 aliphatic heterocycles. The van der Waals surface area contributed by atoms with Crippen molar-refractivity contribution in [2.45, 2.75) is 0 Å². The molecule has 0 fully saturated rings. The van der Waals surface area contributed by atoms with Crippen LogP contribution >= 0.6 is 27.5 Å². The van der Waals surface area contributed by atoms with Crippen LogP contribution in [0.1, 0.15) is 5.56 Å². The number of hydrogen-bond donors (Lipinski definition) is 0. The van der Waals surface area contributed by atoms with Crippen LogP contribution in [-0.4, -0.2) is 29.6 Å². The number of halogens is 2. The summed E-state index contributed by atoms with van der Waals surface area (Å²) in [5.74, 6) is 1.27. The number of nitriles is 1. The van der Waals surface area contributed by atoms with E-state index in [1.54, 1.807) is 60.7 Å². The van der Waals surface area contributed by atoms with Crippen LogP contribution < -0.4 is 15.0 Å². The molecule has 2 aromatic heterocycles. The van der Waals surface area contributed by atoms with Gasteiger partial charge in [-0.15, -0.1) is 0 Å². The first-order valence-corrected chi connectivity index (χ1v) is 11.8. The van der Waals surface area contributed by atoms with Crippen molar-refractivity contribution < 1.29 is 13.9 Å². The molecule has 0 amide bonds. The summed E-state index contributed by atoms with van der Waals surface area (Å²) < 4.78 is 18.8. The molecule has 3 aromatic carbocycles. The number of rotatable bonds is 6. The van der Waals surface area contributed by atoms with Gasteiger partial charge in [0, 0.05) is 20.4 Å². The molecule has 5 aromatic rings. The van der Waals surface area contributed by atoms with E-state index in [-0.39, 0.29) is 18.0 Å². The zero-order valence-corrected chi connectivity index (χ0v) is 21.1. The van der Waals surface area contributed by atoms with Crippen LogP contribution in [0.5, 0.6) is 11.5 Å². The molecule has 0 unspecified atom stereocenters. The molecule has 178 valence electrons. The molecule has 5 rings (SSSR count). The first kappa shape index (κ1) is 23.6. The maximum absolute atomic E-state index is 13.5. The standard InChI is InChI=1S/C26H16BrClN4O4/c1-34-22-13-17(27)10-16(24(22)35-9-8-29)14-30-32-25(31-20-5-3-2-4-19(20)26(32)33)23-12-15-11-18(28)6-7-21(15)36-23/h2-7,10-14H,9H2,1H3. The third-order valence-corrected chi connectivity index (χ3v) is 6.01. The Kier molecular flexibility index (Phi) is 6.46. The Labute approximate surface area is 218 Å². The predicted octanol–water partition coefficient (Wildman–Crippen LogP) is 6.02. The second-order valence-corrected chi connectivity index (χ2v) is 8.93. The van der Waals surface area contributed by atoms with Crippen LogP contribution in [0.3, 0.4) is 0 Å². The number of hydrogen-bond acceptors (Lipinski definition) is 7. The number of furan rings is 1. The highest BCUT2D eigenvalue weighted by molar-refractivity contribution is 9.10. The van der Waals surface area contributed by atoms with Gasteiger partial charge in [-0.3, -0.25) is 4.79 Å². The van der Waals surface area contributed by atoms with Crippen molar-refractivity contribution in [2.75, 3.05) is 13.7 Å². The van der Waals surface area contributed by atoms with Crippen molar-refractivity contribution >= 4 is 55.6 Å². The fraction of sp³-hybridized carbons (Fsp3) is 0.0769. The Morgan fingerprint density at radius 2 is 2.06 bits per heavy atom. The molecule has 0 aliphatic carbocycles. The van der Waals surface area contributed by atoms with Crippen molar-refractivity contribution in [2.24, 2.45) is 5.10 Å². The highest BCUT2D eigenvalue weighted by atomic mass is 79.9. The third-order valence-electron chi connectivity index (χ3n) is 5.31. The van der Waals surface area contributed by atoms with Crippen molar-refractivity contribution in [3.8, 4) is 29.2 Å². The summed E-state index contributed by atoms with van der Waals surface area (Å²) in [5, 5.41) is 15.2. The predicted molar refractivity (Wildman–Crippen MR) is 141 cm³/mol. The van der Waals surface area contributed by atoms with Gasteiger partial charge in [0.1, 0.15) is 11.7 Å². The number of methoxy groups -OCH3 is 1. The summed E-state index contributed by atoms with van der Waals surface area (Å²) in [7, 11) is 1.49. The molecule has 0 atom stereocenters. The summed E-state index contributed by atoms with van der Waals surface area (Å²) in [6.45, 7) is -0.191. The van der Waals surface area contributed by atoms with Crippen molar-refractivity contribution in [1.29, 1.82) is 5.26 Å². The normalized spacial score (nSPS) is 11.3. The quantitative estimate of drug-likeness (QED) is 0.234. The molecule has 10 heteroatoms. The van der Waals surface area contributed by atoms with Gasteiger partial charge in [-0.25, -0.2) is 4.98 Å². The van der Waals surface area contributed by atoms with Gasteiger partial charge in [0.2, 0.25) is 5.82 Å². The topological polar surface area (TPSA) is 103 Å². The Balaban J connectivity index is 1.72. The minimum Gasteiger partial charge on any atom is -0.493 e. The lowest BCUT2D eigenvalue weighted by Crippen LogP contribution is -2.20. The SMILES string of the molecule is COc1cc(Br)cc(C=Nn2c(-c3cc4cc(Cl)ccc4o3)nc3ccccc3c2=O)c1OCC#N. The molecule has 36 heavy (non-hydrogen) atoms. The Hall–Kier alpha value is -4.13. The number of ether oxygens (including phenoxy) is 2. The van der Waals surface area contributed by atoms with E-state index in [0.717, 1.165) is 5.39 Å². The van der Waals surface area contributed by atoms with Gasteiger partial charge in [-0.2, -0.15) is 15.0 Å². The van der Waals surface area contributed by atoms with Crippen LogP contribution in [0.15, 0.2) is 79.4 Å². The number of aromatic nitrogens is 2. The van der Waals surface area contributed by atoms with Gasteiger partial charge in [0.25, 0.3) is 5.56 Å². The van der Waals surface area contributed by atoms with E-state index >= 15 is 0 Å². The summed E-state index contributed by atoms with van der Waals surface area (Å²) in [5.41, 5.74) is 1.20. The molecule has 0 N–H and O–H groups in total. The average molecular weight is 564 g/mol. The minimum atomic E-state index is -0.383. The molecule has 0 radical (unpaired) electrons. The maximum Gasteiger partial charge on any atom is 0.282 e. The van der Waals surface area contributed by atoms with Gasteiger partial charge in [-0.05, 0) is 48.5 Å². The largest absolute Gasteiger partial charge is 0.493 e. The van der Waals surface area contributed by atoms with E-state index in [1.807, 2.05) is 6.07 Å². The highest BCUT2D eigenvalue weighted by Crippen LogP contribution is 2.34. The van der Waals surface area contributed by atoms with Crippen LogP contribution in [-0.2, 0) is 0 Å². The van der Waals surface area contributed by atoms with Gasteiger partial charge < -0.3 is 13.9 Å². The van der Waals surface area contributed by atoms with E-state index in [9.17, 15) is 4.79 Å². The van der Waals surface area contributed by atoms with E-state index < -0.39 is 0 Å². The lowest BCUT2D eigenvalue weighted by atomic mass is 10.2. The summed E-state index contributed by atoms with van der Waals surface area (Å²) in [6.07, 6.45) is 1.45. The number of para-hydroxylation sites is 1. The van der Waals surface area contributed by atoms with E-state index in [2.05, 4.69) is 26.0 Å². The zero-order chi connectivity index (χ0) is 25.2. The molecular formula is C26H16BrClN4O4. The first-order chi connectivity index (χ1) is 17.5. The molecule has 0 spiro atoms. The van der Waals surface area contributed by atoms with Crippen LogP contribution in [0, 0.1) is 11.3 Å². The zero-order valence-electron chi connectivity index (χ0n) is 18.7. The minimum absolute atomic E-state index is 0.191. The lowest BCUT2D eigenvalue weighted by Gasteiger charge is -2.12. The maximum atomic E-state index is 13.5. The van der Waals surface area contributed by atoms with Crippen molar-refractivity contribution in [3.05, 3.63) is 86.1 Å². The van der Waals surface area contributed by atoms with Crippen molar-refractivity contribution in [1.82, 2.24) is 9.66 Å². The van der Waals surface area contributed by atoms with Crippen molar-refractivity contribution in [3.63, 3.8) is 0 Å². The Morgan fingerprint density at radius 3 is 2.86 bits per heavy atom. The molecule has 0 aliphatic rings. The fourth-order valence-electron chi connectivity index (χ4n) is 3.73. The van der Waals surface area contributed by atoms with Crippen LogP contribution in [0.2, 0.25) is 5.02 Å². The number of benzene rings is 3. The van der Waals surface area contributed by atoms with E-state index in [0.29, 0.717) is 48.8 Å².